The average molecular weight is 262 g/mol. The topological polar surface area (TPSA) is 34.0 Å². The van der Waals surface area contributed by atoms with Crippen LogP contribution in [-0.4, -0.2) is 38.8 Å². The van der Waals surface area contributed by atoms with Crippen LogP contribution in [0.2, 0.25) is 0 Å². The SMILES string of the molecule is CC1CCCn2c1nnc2C1CCN(C(C)C)CC1. The van der Waals surface area contributed by atoms with Crippen LogP contribution >= 0.6 is 0 Å². The van der Waals surface area contributed by atoms with Gasteiger partial charge in [-0.25, -0.2) is 0 Å². The molecule has 1 unspecified atom stereocenters. The summed E-state index contributed by atoms with van der Waals surface area (Å²) in [5.41, 5.74) is 0. The highest BCUT2D eigenvalue weighted by Gasteiger charge is 2.29. The Morgan fingerprint density at radius 2 is 1.68 bits per heavy atom. The van der Waals surface area contributed by atoms with E-state index in [1.807, 2.05) is 0 Å². The van der Waals surface area contributed by atoms with Gasteiger partial charge in [-0.3, -0.25) is 0 Å². The van der Waals surface area contributed by atoms with Crippen LogP contribution in [0.3, 0.4) is 0 Å². The van der Waals surface area contributed by atoms with Gasteiger partial charge in [-0.2, -0.15) is 0 Å². The van der Waals surface area contributed by atoms with Crippen LogP contribution in [0.15, 0.2) is 0 Å². The Balaban J connectivity index is 1.74. The van der Waals surface area contributed by atoms with Crippen LogP contribution in [0.5, 0.6) is 0 Å². The Morgan fingerprint density at radius 3 is 2.37 bits per heavy atom. The fourth-order valence-electron chi connectivity index (χ4n) is 3.58. The standard InChI is InChI=1S/C15H26N4/c1-11(2)18-9-6-13(7-10-18)15-17-16-14-12(3)5-4-8-19(14)15/h11-13H,4-10H2,1-3H3. The highest BCUT2D eigenvalue weighted by molar-refractivity contribution is 5.08. The molecule has 1 fully saturated rings. The highest BCUT2D eigenvalue weighted by atomic mass is 15.3. The molecule has 0 N–H and O–H groups in total. The third-order valence-corrected chi connectivity index (χ3v) is 4.89. The van der Waals surface area contributed by atoms with Crippen molar-refractivity contribution in [1.29, 1.82) is 0 Å². The minimum Gasteiger partial charge on any atom is -0.315 e. The molecule has 19 heavy (non-hydrogen) atoms. The molecule has 0 aromatic carbocycles. The summed E-state index contributed by atoms with van der Waals surface area (Å²) >= 11 is 0. The summed E-state index contributed by atoms with van der Waals surface area (Å²) in [6.07, 6.45) is 5.03. The van der Waals surface area contributed by atoms with Crippen molar-refractivity contribution in [3.63, 3.8) is 0 Å². The van der Waals surface area contributed by atoms with E-state index in [9.17, 15) is 0 Å². The van der Waals surface area contributed by atoms with Gasteiger partial charge in [-0.1, -0.05) is 6.92 Å². The average Bonchev–Trinajstić information content (AvgIpc) is 2.84. The van der Waals surface area contributed by atoms with Gasteiger partial charge in [0, 0.05) is 24.4 Å². The number of fused-ring (bicyclic) bond motifs is 1. The predicted octanol–water partition coefficient (Wildman–Crippen LogP) is 2.76. The van der Waals surface area contributed by atoms with E-state index in [0.717, 1.165) is 6.54 Å². The van der Waals surface area contributed by atoms with Crippen LogP contribution in [0.4, 0.5) is 0 Å². The molecule has 4 heteroatoms. The van der Waals surface area contributed by atoms with Gasteiger partial charge < -0.3 is 9.47 Å². The molecule has 3 heterocycles. The van der Waals surface area contributed by atoms with Crippen LogP contribution in [0.1, 0.15) is 69.9 Å². The van der Waals surface area contributed by atoms with Crippen molar-refractivity contribution in [1.82, 2.24) is 19.7 Å². The molecule has 106 valence electrons. The van der Waals surface area contributed by atoms with Crippen molar-refractivity contribution in [2.75, 3.05) is 13.1 Å². The second kappa shape index (κ2) is 5.23. The van der Waals surface area contributed by atoms with E-state index in [2.05, 4.69) is 40.4 Å². The quantitative estimate of drug-likeness (QED) is 0.822. The molecule has 1 atom stereocenters. The third kappa shape index (κ3) is 2.42. The summed E-state index contributed by atoms with van der Waals surface area (Å²) in [6, 6.07) is 0.674. The zero-order valence-electron chi connectivity index (χ0n) is 12.5. The molecule has 0 amide bonds. The van der Waals surface area contributed by atoms with Crippen molar-refractivity contribution in [3.8, 4) is 0 Å². The van der Waals surface area contributed by atoms with Gasteiger partial charge in [0.05, 0.1) is 0 Å². The highest BCUT2D eigenvalue weighted by Crippen LogP contribution is 2.32. The molecule has 0 radical (unpaired) electrons. The molecule has 3 rings (SSSR count). The van der Waals surface area contributed by atoms with Crippen LogP contribution < -0.4 is 0 Å². The molecule has 1 aromatic rings. The Bertz CT molecular complexity index is 429. The van der Waals surface area contributed by atoms with Gasteiger partial charge in [0.2, 0.25) is 0 Å². The summed E-state index contributed by atoms with van der Waals surface area (Å²) in [6.45, 7) is 10.4. The number of likely N-dealkylation sites (tertiary alicyclic amines) is 1. The first-order valence-electron chi connectivity index (χ1n) is 7.84. The second-order valence-corrected chi connectivity index (χ2v) is 6.52. The monoisotopic (exact) mass is 262 g/mol. The molecule has 0 saturated carbocycles. The number of aromatic nitrogens is 3. The van der Waals surface area contributed by atoms with Crippen molar-refractivity contribution in [2.45, 2.75) is 70.9 Å². The first-order chi connectivity index (χ1) is 9.16. The lowest BCUT2D eigenvalue weighted by Gasteiger charge is -2.34. The van der Waals surface area contributed by atoms with Crippen molar-refractivity contribution >= 4 is 0 Å². The van der Waals surface area contributed by atoms with Gasteiger partial charge in [-0.05, 0) is 52.6 Å². The van der Waals surface area contributed by atoms with Gasteiger partial charge in [-0.15, -0.1) is 10.2 Å². The zero-order valence-corrected chi connectivity index (χ0v) is 12.5. The fourth-order valence-corrected chi connectivity index (χ4v) is 3.58. The molecule has 0 spiro atoms. The van der Waals surface area contributed by atoms with E-state index in [4.69, 9.17) is 0 Å². The molecule has 4 nitrogen and oxygen atoms in total. The molecule has 2 aliphatic heterocycles. The van der Waals surface area contributed by atoms with Gasteiger partial charge in [0.25, 0.3) is 0 Å². The van der Waals surface area contributed by atoms with E-state index < -0.39 is 0 Å². The maximum atomic E-state index is 4.54. The van der Waals surface area contributed by atoms with Gasteiger partial charge in [0.15, 0.2) is 0 Å². The van der Waals surface area contributed by atoms with E-state index in [-0.39, 0.29) is 0 Å². The van der Waals surface area contributed by atoms with Crippen LogP contribution in [0.25, 0.3) is 0 Å². The number of piperidine rings is 1. The third-order valence-electron chi connectivity index (χ3n) is 4.89. The summed E-state index contributed by atoms with van der Waals surface area (Å²) in [5.74, 6) is 3.71. The lowest BCUT2D eigenvalue weighted by atomic mass is 9.94. The Kier molecular flexibility index (Phi) is 3.61. The maximum Gasteiger partial charge on any atom is 0.136 e. The zero-order chi connectivity index (χ0) is 13.4. The van der Waals surface area contributed by atoms with Gasteiger partial charge >= 0.3 is 0 Å². The smallest absolute Gasteiger partial charge is 0.136 e. The Hall–Kier alpha value is -0.900. The lowest BCUT2D eigenvalue weighted by Crippen LogP contribution is -2.38. The van der Waals surface area contributed by atoms with E-state index in [1.165, 1.54) is 50.4 Å². The summed E-state index contributed by atoms with van der Waals surface area (Å²) < 4.78 is 2.42. The van der Waals surface area contributed by atoms with Crippen LogP contribution in [-0.2, 0) is 6.54 Å². The maximum absolute atomic E-state index is 4.54. The van der Waals surface area contributed by atoms with Crippen LogP contribution in [0, 0.1) is 0 Å². The number of rotatable bonds is 2. The van der Waals surface area contributed by atoms with Crippen molar-refractivity contribution < 1.29 is 0 Å². The number of hydrogen-bond donors (Lipinski definition) is 0. The molecular formula is C15H26N4. The summed E-state index contributed by atoms with van der Waals surface area (Å²) in [7, 11) is 0. The fraction of sp³-hybridized carbons (Fsp3) is 0.867. The Morgan fingerprint density at radius 1 is 1.00 bits per heavy atom. The molecule has 1 aromatic heterocycles. The van der Waals surface area contributed by atoms with Crippen molar-refractivity contribution in [2.24, 2.45) is 0 Å². The lowest BCUT2D eigenvalue weighted by molar-refractivity contribution is 0.168. The van der Waals surface area contributed by atoms with E-state index in [1.54, 1.807) is 0 Å². The molecule has 1 saturated heterocycles. The minimum absolute atomic E-state index is 0.589. The number of hydrogen-bond acceptors (Lipinski definition) is 3. The van der Waals surface area contributed by atoms with E-state index >= 15 is 0 Å². The van der Waals surface area contributed by atoms with E-state index in [0.29, 0.717) is 17.9 Å². The molecule has 0 bridgehead atoms. The molecule has 2 aliphatic rings. The van der Waals surface area contributed by atoms with Crippen molar-refractivity contribution in [3.05, 3.63) is 11.6 Å². The first-order valence-corrected chi connectivity index (χ1v) is 7.84. The molecular weight excluding hydrogens is 236 g/mol. The second-order valence-electron chi connectivity index (χ2n) is 6.52. The summed E-state index contributed by atoms with van der Waals surface area (Å²) in [4.78, 5) is 2.58. The molecule has 0 aliphatic carbocycles. The minimum atomic E-state index is 0.589. The number of nitrogens with zero attached hydrogens (tertiary/aromatic N) is 4. The largest absolute Gasteiger partial charge is 0.315 e. The van der Waals surface area contributed by atoms with Gasteiger partial charge in [0.1, 0.15) is 11.6 Å². The Labute approximate surface area is 116 Å². The summed E-state index contributed by atoms with van der Waals surface area (Å²) in [5, 5.41) is 9.00. The normalized spacial score (nSPS) is 25.8. The predicted molar refractivity (Wildman–Crippen MR) is 76.4 cm³/mol. The first kappa shape index (κ1) is 13.1.